The molecule has 0 aliphatic carbocycles. The predicted molar refractivity (Wildman–Crippen MR) is 83.0 cm³/mol. The van der Waals surface area contributed by atoms with E-state index in [0.717, 1.165) is 21.2 Å². The lowest BCUT2D eigenvalue weighted by Crippen LogP contribution is -2.02. The molecular weight excluding hydrogens is 343 g/mol. The first-order valence-electron chi connectivity index (χ1n) is 6.10. The normalized spacial score (nSPS) is 11.2. The van der Waals surface area contributed by atoms with Gasteiger partial charge in [0.2, 0.25) is 0 Å². The van der Waals surface area contributed by atoms with Crippen LogP contribution in [0.1, 0.15) is 11.4 Å². The molecule has 0 atom stereocenters. The minimum absolute atomic E-state index is 0.236. The molecule has 0 spiro atoms. The van der Waals surface area contributed by atoms with Crippen molar-refractivity contribution in [2.24, 2.45) is 0 Å². The molecule has 0 radical (unpaired) electrons. The molecular formula is C15H11BrClFN2. The molecule has 1 aromatic heterocycles. The number of hydrogen-bond acceptors (Lipinski definition) is 1. The molecule has 102 valence electrons. The Morgan fingerprint density at radius 3 is 2.85 bits per heavy atom. The van der Waals surface area contributed by atoms with E-state index in [9.17, 15) is 4.39 Å². The van der Waals surface area contributed by atoms with E-state index in [1.165, 1.54) is 6.07 Å². The Balaban J connectivity index is 2.39. The third-order valence-corrected chi connectivity index (χ3v) is 4.02. The van der Waals surface area contributed by atoms with E-state index >= 15 is 0 Å². The monoisotopic (exact) mass is 352 g/mol. The summed E-state index contributed by atoms with van der Waals surface area (Å²) in [6.07, 6.45) is 0. The summed E-state index contributed by atoms with van der Waals surface area (Å²) >= 11 is 9.45. The van der Waals surface area contributed by atoms with E-state index in [4.69, 9.17) is 11.6 Å². The summed E-state index contributed by atoms with van der Waals surface area (Å²) in [5, 5.41) is 0. The van der Waals surface area contributed by atoms with E-state index < -0.39 is 0 Å². The maximum atomic E-state index is 13.8. The molecule has 0 unspecified atom stereocenters. The van der Waals surface area contributed by atoms with Gasteiger partial charge in [-0.25, -0.2) is 9.37 Å². The average molecular weight is 354 g/mol. The smallest absolute Gasteiger partial charge is 0.129 e. The largest absolute Gasteiger partial charge is 0.295 e. The predicted octanol–water partition coefficient (Wildman–Crippen LogP) is 4.97. The van der Waals surface area contributed by atoms with Crippen LogP contribution < -0.4 is 0 Å². The molecule has 0 aliphatic rings. The van der Waals surface area contributed by atoms with Crippen LogP contribution in [-0.2, 0) is 5.88 Å². The number of nitrogens with zero attached hydrogens (tertiary/aromatic N) is 2. The van der Waals surface area contributed by atoms with Crippen molar-refractivity contribution in [3.8, 4) is 5.69 Å². The van der Waals surface area contributed by atoms with Gasteiger partial charge in [-0.1, -0.05) is 22.0 Å². The van der Waals surface area contributed by atoms with Gasteiger partial charge in [-0.2, -0.15) is 0 Å². The zero-order chi connectivity index (χ0) is 14.3. The van der Waals surface area contributed by atoms with Gasteiger partial charge < -0.3 is 0 Å². The van der Waals surface area contributed by atoms with Gasteiger partial charge in [0.25, 0.3) is 0 Å². The molecule has 0 saturated heterocycles. The van der Waals surface area contributed by atoms with Crippen LogP contribution in [0.5, 0.6) is 0 Å². The van der Waals surface area contributed by atoms with Gasteiger partial charge >= 0.3 is 0 Å². The summed E-state index contributed by atoms with van der Waals surface area (Å²) < 4.78 is 16.7. The highest BCUT2D eigenvalue weighted by molar-refractivity contribution is 9.10. The molecule has 0 aliphatic heterocycles. The van der Waals surface area contributed by atoms with Crippen molar-refractivity contribution in [2.45, 2.75) is 12.8 Å². The second-order valence-corrected chi connectivity index (χ2v) is 5.70. The van der Waals surface area contributed by atoms with Crippen LogP contribution in [0, 0.1) is 12.7 Å². The first-order valence-corrected chi connectivity index (χ1v) is 7.43. The van der Waals surface area contributed by atoms with Gasteiger partial charge in [0.05, 0.1) is 22.6 Å². The molecule has 0 fully saturated rings. The van der Waals surface area contributed by atoms with Gasteiger partial charge in [0.15, 0.2) is 0 Å². The molecule has 0 amide bonds. The Morgan fingerprint density at radius 1 is 1.30 bits per heavy atom. The number of benzene rings is 2. The second kappa shape index (κ2) is 5.19. The van der Waals surface area contributed by atoms with Crippen molar-refractivity contribution in [2.75, 3.05) is 0 Å². The molecule has 20 heavy (non-hydrogen) atoms. The van der Waals surface area contributed by atoms with Gasteiger partial charge in [0.1, 0.15) is 11.6 Å². The average Bonchev–Trinajstić information content (AvgIpc) is 2.79. The third kappa shape index (κ3) is 2.13. The van der Waals surface area contributed by atoms with Crippen LogP contribution >= 0.6 is 27.5 Å². The molecule has 1 heterocycles. The second-order valence-electron chi connectivity index (χ2n) is 4.51. The van der Waals surface area contributed by atoms with E-state index in [2.05, 4.69) is 20.9 Å². The maximum Gasteiger partial charge on any atom is 0.129 e. The van der Waals surface area contributed by atoms with Crippen LogP contribution in [0.4, 0.5) is 4.39 Å². The summed E-state index contributed by atoms with van der Waals surface area (Å²) in [7, 11) is 0. The lowest BCUT2D eigenvalue weighted by atomic mass is 10.2. The number of rotatable bonds is 2. The number of halogens is 3. The Labute approximate surface area is 129 Å². The van der Waals surface area contributed by atoms with Crippen molar-refractivity contribution in [1.29, 1.82) is 0 Å². The first kappa shape index (κ1) is 13.6. The fourth-order valence-corrected chi connectivity index (χ4v) is 2.82. The van der Waals surface area contributed by atoms with E-state index in [1.54, 1.807) is 13.0 Å². The quantitative estimate of drug-likeness (QED) is 0.594. The van der Waals surface area contributed by atoms with Crippen molar-refractivity contribution < 1.29 is 4.39 Å². The van der Waals surface area contributed by atoms with Gasteiger partial charge in [0, 0.05) is 10.0 Å². The number of hydrogen-bond donors (Lipinski definition) is 0. The van der Waals surface area contributed by atoms with E-state index in [-0.39, 0.29) is 11.7 Å². The molecule has 0 bridgehead atoms. The van der Waals surface area contributed by atoms with Crippen molar-refractivity contribution >= 4 is 38.6 Å². The Morgan fingerprint density at radius 2 is 2.10 bits per heavy atom. The first-order chi connectivity index (χ1) is 9.61. The standard InChI is InChI=1S/C15H11BrClFN2/c1-9-11(18)3-2-4-13(9)20-14-7-10(16)5-6-12(14)19-15(20)8-17/h2-7H,8H2,1H3. The fraction of sp³-hybridized carbons (Fsp3) is 0.133. The maximum absolute atomic E-state index is 13.8. The highest BCUT2D eigenvalue weighted by Gasteiger charge is 2.15. The number of aromatic nitrogens is 2. The summed E-state index contributed by atoms with van der Waals surface area (Å²) in [5.74, 6) is 0.732. The SMILES string of the molecule is Cc1c(F)cccc1-n1c(CCl)nc2ccc(Br)cc21. The molecule has 2 aromatic carbocycles. The van der Waals surface area contributed by atoms with Crippen LogP contribution in [0.3, 0.4) is 0 Å². The number of imidazole rings is 1. The highest BCUT2D eigenvalue weighted by atomic mass is 79.9. The van der Waals surface area contributed by atoms with Crippen LogP contribution in [0.2, 0.25) is 0 Å². The Kier molecular flexibility index (Phi) is 3.52. The van der Waals surface area contributed by atoms with Gasteiger partial charge in [-0.05, 0) is 37.3 Å². The van der Waals surface area contributed by atoms with Crippen molar-refractivity contribution in [3.05, 3.63) is 58.1 Å². The van der Waals surface area contributed by atoms with Crippen molar-refractivity contribution in [1.82, 2.24) is 9.55 Å². The fourth-order valence-electron chi connectivity index (χ4n) is 2.30. The van der Waals surface area contributed by atoms with Crippen molar-refractivity contribution in [3.63, 3.8) is 0 Å². The van der Waals surface area contributed by atoms with Gasteiger partial charge in [-0.3, -0.25) is 4.57 Å². The Hall–Kier alpha value is -1.39. The summed E-state index contributed by atoms with van der Waals surface area (Å²) in [4.78, 5) is 4.51. The zero-order valence-corrected chi connectivity index (χ0v) is 13.0. The molecule has 5 heteroatoms. The number of fused-ring (bicyclic) bond motifs is 1. The zero-order valence-electron chi connectivity index (χ0n) is 10.7. The summed E-state index contributed by atoms with van der Waals surface area (Å²) in [5.41, 5.74) is 3.09. The van der Waals surface area contributed by atoms with E-state index in [0.29, 0.717) is 11.4 Å². The van der Waals surface area contributed by atoms with Gasteiger partial charge in [-0.15, -0.1) is 11.6 Å². The summed E-state index contributed by atoms with van der Waals surface area (Å²) in [6.45, 7) is 1.76. The Bertz CT molecular complexity index is 798. The minimum atomic E-state index is -0.236. The molecule has 0 saturated carbocycles. The van der Waals surface area contributed by atoms with E-state index in [1.807, 2.05) is 28.8 Å². The van der Waals surface area contributed by atoms with Crippen LogP contribution in [0.25, 0.3) is 16.7 Å². The molecule has 2 nitrogen and oxygen atoms in total. The molecule has 3 aromatic rings. The van der Waals surface area contributed by atoms with Crippen LogP contribution in [0.15, 0.2) is 40.9 Å². The molecule has 0 N–H and O–H groups in total. The minimum Gasteiger partial charge on any atom is -0.295 e. The topological polar surface area (TPSA) is 17.8 Å². The third-order valence-electron chi connectivity index (χ3n) is 3.29. The number of alkyl halides is 1. The highest BCUT2D eigenvalue weighted by Crippen LogP contribution is 2.27. The molecule has 3 rings (SSSR count). The lowest BCUT2D eigenvalue weighted by molar-refractivity contribution is 0.617. The van der Waals surface area contributed by atoms with Crippen LogP contribution in [-0.4, -0.2) is 9.55 Å². The summed E-state index contributed by atoms with van der Waals surface area (Å²) in [6, 6.07) is 10.8. The lowest BCUT2D eigenvalue weighted by Gasteiger charge is -2.11.